The maximum atomic E-state index is 12.4. The van der Waals surface area contributed by atoms with Crippen molar-refractivity contribution in [2.45, 2.75) is 18.9 Å². The Bertz CT molecular complexity index is 660. The third kappa shape index (κ3) is 3.80. The molecule has 0 spiro atoms. The van der Waals surface area contributed by atoms with Crippen LogP contribution in [0.3, 0.4) is 0 Å². The number of hydrogen-bond acceptors (Lipinski definition) is 3. The molecule has 2 amide bonds. The van der Waals surface area contributed by atoms with Gasteiger partial charge in [-0.3, -0.25) is 4.98 Å². The van der Waals surface area contributed by atoms with E-state index in [1.165, 1.54) is 5.56 Å². The number of nitrogens with one attached hydrogen (secondary N) is 1. The molecule has 1 unspecified atom stereocenters. The second kappa shape index (κ2) is 7.13. The summed E-state index contributed by atoms with van der Waals surface area (Å²) < 4.78 is 5.63. The van der Waals surface area contributed by atoms with E-state index >= 15 is 0 Å². The lowest BCUT2D eigenvalue weighted by Gasteiger charge is -2.28. The van der Waals surface area contributed by atoms with Crippen LogP contribution in [0, 0.1) is 0 Å². The van der Waals surface area contributed by atoms with Gasteiger partial charge in [-0.05, 0) is 30.2 Å². The van der Waals surface area contributed by atoms with Gasteiger partial charge in [0.05, 0.1) is 12.6 Å². The quantitative estimate of drug-likeness (QED) is 0.944. The van der Waals surface area contributed by atoms with Crippen molar-refractivity contribution in [2.24, 2.45) is 0 Å². The molecule has 0 radical (unpaired) electrons. The molecule has 0 aliphatic carbocycles. The number of likely N-dealkylation sites (N-methyl/N-ethyl adjacent to an activating group) is 1. The van der Waals surface area contributed by atoms with Crippen molar-refractivity contribution < 1.29 is 9.53 Å². The fourth-order valence-electron chi connectivity index (χ4n) is 2.70. The lowest BCUT2D eigenvalue weighted by molar-refractivity contribution is 0.196. The van der Waals surface area contributed by atoms with Crippen molar-refractivity contribution in [3.05, 3.63) is 59.9 Å². The number of fused-ring (bicyclic) bond motifs is 1. The van der Waals surface area contributed by atoms with Crippen molar-refractivity contribution in [2.75, 3.05) is 20.2 Å². The molecular weight excluding hydrogens is 290 g/mol. The van der Waals surface area contributed by atoms with Crippen LogP contribution in [0.5, 0.6) is 5.75 Å². The van der Waals surface area contributed by atoms with Crippen LogP contribution in [0.4, 0.5) is 4.79 Å². The second-order valence-electron chi connectivity index (χ2n) is 5.70. The van der Waals surface area contributed by atoms with Crippen molar-refractivity contribution in [3.63, 3.8) is 0 Å². The van der Waals surface area contributed by atoms with E-state index in [0.717, 1.165) is 24.2 Å². The average molecular weight is 311 g/mol. The Morgan fingerprint density at radius 3 is 2.91 bits per heavy atom. The number of hydrogen-bond donors (Lipinski definition) is 1. The summed E-state index contributed by atoms with van der Waals surface area (Å²) in [5.41, 5.74) is 2.23. The Labute approximate surface area is 136 Å². The average Bonchev–Trinajstić information content (AvgIpc) is 2.61. The first kappa shape index (κ1) is 15.3. The lowest BCUT2D eigenvalue weighted by atomic mass is 10.0. The Balaban J connectivity index is 1.57. The smallest absolute Gasteiger partial charge is 0.317 e. The van der Waals surface area contributed by atoms with Gasteiger partial charge < -0.3 is 15.0 Å². The normalized spacial score (nSPS) is 16.1. The molecule has 1 aromatic heterocycles. The van der Waals surface area contributed by atoms with Crippen molar-refractivity contribution >= 4 is 6.03 Å². The number of carbonyl (C=O) groups excluding carboxylic acids is 1. The molecule has 2 aromatic rings. The summed E-state index contributed by atoms with van der Waals surface area (Å²) in [5, 5.41) is 3.11. The minimum absolute atomic E-state index is 0.0100. The Kier molecular flexibility index (Phi) is 4.76. The zero-order chi connectivity index (χ0) is 16.1. The number of ether oxygens (including phenoxy) is 1. The van der Waals surface area contributed by atoms with E-state index in [1.54, 1.807) is 17.3 Å². The molecule has 1 aliphatic heterocycles. The zero-order valence-corrected chi connectivity index (χ0v) is 13.2. The van der Waals surface area contributed by atoms with Gasteiger partial charge in [0, 0.05) is 38.0 Å². The number of pyridine rings is 1. The first-order valence-electron chi connectivity index (χ1n) is 7.86. The van der Waals surface area contributed by atoms with Gasteiger partial charge in [0.2, 0.25) is 0 Å². The fourth-order valence-corrected chi connectivity index (χ4v) is 2.70. The molecule has 0 fully saturated rings. The highest BCUT2D eigenvalue weighted by Crippen LogP contribution is 2.31. The van der Waals surface area contributed by atoms with Crippen LogP contribution in [-0.2, 0) is 6.42 Å². The van der Waals surface area contributed by atoms with Crippen molar-refractivity contribution in [1.82, 2.24) is 15.2 Å². The zero-order valence-electron chi connectivity index (χ0n) is 13.2. The Morgan fingerprint density at radius 2 is 2.09 bits per heavy atom. The summed E-state index contributed by atoms with van der Waals surface area (Å²) >= 11 is 0. The minimum atomic E-state index is -0.0549. The van der Waals surface area contributed by atoms with Crippen LogP contribution in [0.25, 0.3) is 0 Å². The molecule has 120 valence electrons. The molecule has 2 heterocycles. The number of nitrogens with zero attached hydrogens (tertiary/aromatic N) is 2. The molecule has 0 saturated heterocycles. The summed E-state index contributed by atoms with van der Waals surface area (Å²) in [4.78, 5) is 18.1. The molecular formula is C18H21N3O2. The molecule has 23 heavy (non-hydrogen) atoms. The monoisotopic (exact) mass is 311 g/mol. The predicted octanol–water partition coefficient (Wildman–Crippen LogP) is 2.79. The van der Waals surface area contributed by atoms with Crippen molar-refractivity contribution in [1.29, 1.82) is 0 Å². The van der Waals surface area contributed by atoms with E-state index in [0.29, 0.717) is 13.2 Å². The van der Waals surface area contributed by atoms with Gasteiger partial charge in [-0.15, -0.1) is 0 Å². The van der Waals surface area contributed by atoms with E-state index in [-0.39, 0.29) is 12.1 Å². The van der Waals surface area contributed by atoms with Crippen LogP contribution in [-0.4, -0.2) is 36.1 Å². The number of carbonyl (C=O) groups is 1. The topological polar surface area (TPSA) is 54.5 Å². The standard InChI is InChI=1S/C18H21N3O2/c1-21(12-8-14-6-10-19-11-7-14)18(22)20-16-9-13-23-17-5-3-2-4-15(16)17/h2-7,10-11,16H,8-9,12-13H2,1H3,(H,20,22). The number of benzene rings is 1. The Hall–Kier alpha value is -2.56. The molecule has 1 aliphatic rings. The number of rotatable bonds is 4. The number of amides is 2. The largest absolute Gasteiger partial charge is 0.493 e. The van der Waals surface area contributed by atoms with Crippen molar-refractivity contribution in [3.8, 4) is 5.75 Å². The molecule has 5 heteroatoms. The molecule has 1 aromatic carbocycles. The Morgan fingerprint density at radius 1 is 1.30 bits per heavy atom. The summed E-state index contributed by atoms with van der Waals surface area (Å²) in [6, 6.07) is 11.8. The molecule has 0 saturated carbocycles. The van der Waals surface area contributed by atoms with Gasteiger partial charge in [0.1, 0.15) is 5.75 Å². The van der Waals surface area contributed by atoms with Gasteiger partial charge in [-0.25, -0.2) is 4.79 Å². The molecule has 1 atom stereocenters. The highest BCUT2D eigenvalue weighted by Gasteiger charge is 2.23. The first-order chi connectivity index (χ1) is 11.2. The summed E-state index contributed by atoms with van der Waals surface area (Å²) in [7, 11) is 1.82. The predicted molar refractivity (Wildman–Crippen MR) is 88.4 cm³/mol. The third-order valence-electron chi connectivity index (χ3n) is 4.09. The number of para-hydroxylation sites is 1. The van der Waals surface area contributed by atoms with E-state index in [9.17, 15) is 4.79 Å². The summed E-state index contributed by atoms with van der Waals surface area (Å²) in [6.07, 6.45) is 5.15. The van der Waals surface area contributed by atoms with Gasteiger partial charge in [0.15, 0.2) is 0 Å². The second-order valence-corrected chi connectivity index (χ2v) is 5.70. The molecule has 0 bridgehead atoms. The molecule has 5 nitrogen and oxygen atoms in total. The van der Waals surface area contributed by atoms with Crippen LogP contribution in [0.15, 0.2) is 48.8 Å². The molecule has 1 N–H and O–H groups in total. The van der Waals surface area contributed by atoms with Gasteiger partial charge >= 0.3 is 6.03 Å². The summed E-state index contributed by atoms with van der Waals surface area (Å²) in [5.74, 6) is 0.864. The number of aromatic nitrogens is 1. The highest BCUT2D eigenvalue weighted by molar-refractivity contribution is 5.74. The maximum Gasteiger partial charge on any atom is 0.317 e. The van der Waals surface area contributed by atoms with Gasteiger partial charge in [0.25, 0.3) is 0 Å². The lowest BCUT2D eigenvalue weighted by Crippen LogP contribution is -2.41. The van der Waals surface area contributed by atoms with Crippen LogP contribution in [0.1, 0.15) is 23.6 Å². The van der Waals surface area contributed by atoms with Gasteiger partial charge in [-0.1, -0.05) is 18.2 Å². The number of urea groups is 1. The van der Waals surface area contributed by atoms with Crippen LogP contribution >= 0.6 is 0 Å². The van der Waals surface area contributed by atoms with E-state index in [1.807, 2.05) is 43.4 Å². The SMILES string of the molecule is CN(CCc1ccncc1)C(=O)NC1CCOc2ccccc21. The first-order valence-corrected chi connectivity index (χ1v) is 7.86. The van der Waals surface area contributed by atoms with Gasteiger partial charge in [-0.2, -0.15) is 0 Å². The molecule has 3 rings (SSSR count). The fraction of sp³-hybridized carbons (Fsp3) is 0.333. The minimum Gasteiger partial charge on any atom is -0.493 e. The third-order valence-corrected chi connectivity index (χ3v) is 4.09. The highest BCUT2D eigenvalue weighted by atomic mass is 16.5. The maximum absolute atomic E-state index is 12.4. The van der Waals surface area contributed by atoms with E-state index in [4.69, 9.17) is 4.74 Å². The van der Waals surface area contributed by atoms with Crippen LogP contribution < -0.4 is 10.1 Å². The van der Waals surface area contributed by atoms with E-state index in [2.05, 4.69) is 10.3 Å². The van der Waals surface area contributed by atoms with Crippen LogP contribution in [0.2, 0.25) is 0 Å². The summed E-state index contributed by atoms with van der Waals surface area (Å²) in [6.45, 7) is 1.30. The van der Waals surface area contributed by atoms with E-state index < -0.39 is 0 Å².